The van der Waals surface area contributed by atoms with Crippen LogP contribution in [-0.2, 0) is 6.54 Å². The largest absolute Gasteiger partial charge is 0.486 e. The first-order valence-electron chi connectivity index (χ1n) is 9.12. The van der Waals surface area contributed by atoms with E-state index in [4.69, 9.17) is 14.0 Å². The lowest BCUT2D eigenvalue weighted by Crippen LogP contribution is -2.24. The quantitative estimate of drug-likeness (QED) is 0.574. The summed E-state index contributed by atoms with van der Waals surface area (Å²) in [6.07, 6.45) is 1.46. The number of nitrogens with zero attached hydrogens (tertiary/aromatic N) is 3. The molecule has 1 amide bonds. The van der Waals surface area contributed by atoms with Crippen LogP contribution in [0.15, 0.2) is 59.3 Å². The Hall–Kier alpha value is -3.94. The van der Waals surface area contributed by atoms with Gasteiger partial charge in [-0.1, -0.05) is 17.3 Å². The molecule has 2 aromatic heterocycles. The number of ether oxygens (including phenoxy) is 2. The lowest BCUT2D eigenvalue weighted by molar-refractivity contribution is 0.0945. The van der Waals surface area contributed by atoms with Gasteiger partial charge in [-0.05, 0) is 30.3 Å². The third-order valence-electron chi connectivity index (χ3n) is 4.50. The maximum atomic E-state index is 12.4. The summed E-state index contributed by atoms with van der Waals surface area (Å²) in [5.41, 5.74) is 3.07. The first-order chi connectivity index (χ1) is 14.3. The van der Waals surface area contributed by atoms with Gasteiger partial charge in [0, 0.05) is 11.6 Å². The van der Waals surface area contributed by atoms with E-state index in [9.17, 15) is 4.79 Å². The van der Waals surface area contributed by atoms with Crippen LogP contribution in [0.1, 0.15) is 16.2 Å². The van der Waals surface area contributed by atoms with E-state index in [0.29, 0.717) is 41.7 Å². The van der Waals surface area contributed by atoms with Crippen LogP contribution in [0, 0.1) is 0 Å². The highest BCUT2D eigenvalue weighted by molar-refractivity contribution is 5.93. The molecule has 0 spiro atoms. The van der Waals surface area contributed by atoms with Crippen molar-refractivity contribution in [3.63, 3.8) is 0 Å². The molecular formula is C21H16N4O4. The second-order valence-corrected chi connectivity index (χ2v) is 6.47. The zero-order chi connectivity index (χ0) is 19.6. The van der Waals surface area contributed by atoms with Gasteiger partial charge >= 0.3 is 0 Å². The summed E-state index contributed by atoms with van der Waals surface area (Å²) in [5, 5.41) is 6.81. The number of carbonyl (C=O) groups excluding carboxylic acids is 1. The Balaban J connectivity index is 1.28. The Kier molecular flexibility index (Phi) is 4.28. The average Bonchev–Trinajstić information content (AvgIpc) is 3.26. The fourth-order valence-corrected chi connectivity index (χ4v) is 3.06. The lowest BCUT2D eigenvalue weighted by Gasteiger charge is -2.18. The molecule has 0 aliphatic carbocycles. The van der Waals surface area contributed by atoms with Crippen molar-refractivity contribution in [2.45, 2.75) is 6.54 Å². The van der Waals surface area contributed by atoms with Crippen molar-refractivity contribution in [2.75, 3.05) is 13.2 Å². The molecule has 0 saturated carbocycles. The molecule has 0 saturated heterocycles. The number of hydrogen-bond donors (Lipinski definition) is 1. The van der Waals surface area contributed by atoms with Crippen molar-refractivity contribution in [3.05, 3.63) is 66.1 Å². The van der Waals surface area contributed by atoms with Gasteiger partial charge < -0.3 is 19.3 Å². The molecule has 0 unspecified atom stereocenters. The predicted octanol–water partition coefficient (Wildman–Crippen LogP) is 2.99. The Morgan fingerprint density at radius 3 is 2.72 bits per heavy atom. The molecule has 0 fully saturated rings. The van der Waals surface area contributed by atoms with Crippen LogP contribution in [0.25, 0.3) is 22.4 Å². The van der Waals surface area contributed by atoms with E-state index in [2.05, 4.69) is 20.4 Å². The zero-order valence-electron chi connectivity index (χ0n) is 15.3. The van der Waals surface area contributed by atoms with Crippen molar-refractivity contribution in [3.8, 4) is 22.8 Å². The number of aromatic nitrogens is 3. The molecular weight excluding hydrogens is 372 g/mol. The summed E-state index contributed by atoms with van der Waals surface area (Å²) < 4.78 is 16.5. The van der Waals surface area contributed by atoms with E-state index in [1.807, 2.05) is 42.5 Å². The molecule has 2 aromatic carbocycles. The monoisotopic (exact) mass is 388 g/mol. The van der Waals surface area contributed by atoms with Crippen molar-refractivity contribution in [2.24, 2.45) is 0 Å². The van der Waals surface area contributed by atoms with E-state index in [1.165, 1.54) is 6.20 Å². The highest BCUT2D eigenvalue weighted by Gasteiger charge is 2.15. The number of para-hydroxylation sites is 2. The molecule has 29 heavy (non-hydrogen) atoms. The van der Waals surface area contributed by atoms with Gasteiger partial charge in [-0.2, -0.15) is 0 Å². The third-order valence-corrected chi connectivity index (χ3v) is 4.50. The fraction of sp³-hybridized carbons (Fsp3) is 0.143. The molecule has 0 atom stereocenters. The molecule has 0 bridgehead atoms. The molecule has 1 aliphatic rings. The SMILES string of the molecule is O=C(NCc1cc(-c2ccc3c(c2)OCCO3)on1)c1cnc2ccccc2n1. The topological polar surface area (TPSA) is 99.4 Å². The number of rotatable bonds is 4. The van der Waals surface area contributed by atoms with Crippen LogP contribution in [-0.4, -0.2) is 34.2 Å². The molecule has 0 radical (unpaired) electrons. The fourth-order valence-electron chi connectivity index (χ4n) is 3.06. The second kappa shape index (κ2) is 7.23. The number of fused-ring (bicyclic) bond motifs is 2. The van der Waals surface area contributed by atoms with Gasteiger partial charge in [0.2, 0.25) is 0 Å². The van der Waals surface area contributed by atoms with Crippen LogP contribution in [0.4, 0.5) is 0 Å². The summed E-state index contributed by atoms with van der Waals surface area (Å²) in [5.74, 6) is 1.64. The van der Waals surface area contributed by atoms with E-state index in [-0.39, 0.29) is 18.1 Å². The van der Waals surface area contributed by atoms with Crippen LogP contribution in [0.3, 0.4) is 0 Å². The number of amides is 1. The van der Waals surface area contributed by atoms with E-state index in [0.717, 1.165) is 11.1 Å². The smallest absolute Gasteiger partial charge is 0.271 e. The van der Waals surface area contributed by atoms with E-state index >= 15 is 0 Å². The van der Waals surface area contributed by atoms with Gasteiger partial charge in [0.25, 0.3) is 5.91 Å². The van der Waals surface area contributed by atoms with Crippen LogP contribution in [0.2, 0.25) is 0 Å². The zero-order valence-corrected chi connectivity index (χ0v) is 15.3. The molecule has 8 nitrogen and oxygen atoms in total. The van der Waals surface area contributed by atoms with Crippen molar-refractivity contribution in [1.29, 1.82) is 0 Å². The summed E-state index contributed by atoms with van der Waals surface area (Å²) in [7, 11) is 0. The Morgan fingerprint density at radius 1 is 1.00 bits per heavy atom. The van der Waals surface area contributed by atoms with E-state index < -0.39 is 0 Å². The number of carbonyl (C=O) groups is 1. The van der Waals surface area contributed by atoms with E-state index in [1.54, 1.807) is 6.07 Å². The average molecular weight is 388 g/mol. The van der Waals surface area contributed by atoms with Crippen molar-refractivity contribution >= 4 is 16.9 Å². The van der Waals surface area contributed by atoms with Crippen LogP contribution >= 0.6 is 0 Å². The molecule has 5 rings (SSSR count). The van der Waals surface area contributed by atoms with Crippen molar-refractivity contribution in [1.82, 2.24) is 20.4 Å². The normalized spacial score (nSPS) is 12.7. The summed E-state index contributed by atoms with van der Waals surface area (Å²) in [6, 6.07) is 14.7. The molecule has 3 heterocycles. The summed E-state index contributed by atoms with van der Waals surface area (Å²) in [4.78, 5) is 21.0. The summed E-state index contributed by atoms with van der Waals surface area (Å²) >= 11 is 0. The first-order valence-corrected chi connectivity index (χ1v) is 9.12. The molecule has 4 aromatic rings. The highest BCUT2D eigenvalue weighted by Crippen LogP contribution is 2.34. The van der Waals surface area contributed by atoms with Gasteiger partial charge in [0.15, 0.2) is 17.3 Å². The summed E-state index contributed by atoms with van der Waals surface area (Å²) in [6.45, 7) is 1.27. The number of nitrogens with one attached hydrogen (secondary N) is 1. The maximum absolute atomic E-state index is 12.4. The third kappa shape index (κ3) is 3.47. The minimum Gasteiger partial charge on any atom is -0.486 e. The molecule has 8 heteroatoms. The minimum absolute atomic E-state index is 0.210. The van der Waals surface area contributed by atoms with Crippen LogP contribution < -0.4 is 14.8 Å². The minimum atomic E-state index is -0.327. The van der Waals surface area contributed by atoms with Crippen molar-refractivity contribution < 1.29 is 18.8 Å². The Bertz CT molecular complexity index is 1200. The standard InChI is InChI=1S/C21H16N4O4/c26-21(17-12-22-15-3-1-2-4-16(15)24-17)23-11-14-10-19(29-25-14)13-5-6-18-20(9-13)28-8-7-27-18/h1-6,9-10,12H,7-8,11H2,(H,23,26). The second-order valence-electron chi connectivity index (χ2n) is 6.47. The van der Waals surface area contributed by atoms with Gasteiger partial charge in [-0.15, -0.1) is 0 Å². The predicted molar refractivity (Wildman–Crippen MR) is 104 cm³/mol. The highest BCUT2D eigenvalue weighted by atomic mass is 16.6. The maximum Gasteiger partial charge on any atom is 0.271 e. The Labute approximate surface area is 165 Å². The Morgan fingerprint density at radius 2 is 1.83 bits per heavy atom. The number of benzene rings is 2. The van der Waals surface area contributed by atoms with Gasteiger partial charge in [0.05, 0.1) is 23.8 Å². The van der Waals surface area contributed by atoms with Gasteiger partial charge in [-0.25, -0.2) is 4.98 Å². The molecule has 1 aliphatic heterocycles. The van der Waals surface area contributed by atoms with Crippen LogP contribution in [0.5, 0.6) is 11.5 Å². The molecule has 144 valence electrons. The van der Waals surface area contributed by atoms with Gasteiger partial charge in [-0.3, -0.25) is 9.78 Å². The number of hydrogen-bond acceptors (Lipinski definition) is 7. The molecule has 1 N–H and O–H groups in total. The lowest BCUT2D eigenvalue weighted by atomic mass is 10.1. The van der Waals surface area contributed by atoms with Gasteiger partial charge in [0.1, 0.15) is 24.6 Å². The first kappa shape index (κ1) is 17.2.